The zero-order valence-electron chi connectivity index (χ0n) is 16.0. The summed E-state index contributed by atoms with van der Waals surface area (Å²) in [4.78, 5) is 28.5. The van der Waals surface area contributed by atoms with E-state index in [-0.39, 0.29) is 24.9 Å². The molecular formula is C20H28ClN3O3. The van der Waals surface area contributed by atoms with Crippen LogP contribution in [0.2, 0.25) is 5.02 Å². The predicted octanol–water partition coefficient (Wildman–Crippen LogP) is 3.14. The molecule has 0 spiro atoms. The first kappa shape index (κ1) is 21.4. The lowest BCUT2D eigenvalue weighted by molar-refractivity contribution is -0.131. The molecule has 0 bridgehead atoms. The van der Waals surface area contributed by atoms with Crippen molar-refractivity contribution in [1.82, 2.24) is 9.80 Å². The first-order valence-corrected chi connectivity index (χ1v) is 9.59. The maximum absolute atomic E-state index is 12.8. The van der Waals surface area contributed by atoms with Crippen molar-refractivity contribution in [3.63, 3.8) is 0 Å². The van der Waals surface area contributed by atoms with Crippen molar-refractivity contribution in [3.05, 3.63) is 41.1 Å². The van der Waals surface area contributed by atoms with Crippen molar-refractivity contribution in [2.75, 3.05) is 45.7 Å². The largest absolute Gasteiger partial charge is 0.383 e. The summed E-state index contributed by atoms with van der Waals surface area (Å²) in [6.45, 7) is 1.33. The number of halogens is 1. The number of hydrogen-bond donors (Lipinski definition) is 1. The van der Waals surface area contributed by atoms with Crippen LogP contribution in [-0.2, 0) is 14.3 Å². The Morgan fingerprint density at radius 3 is 2.56 bits per heavy atom. The van der Waals surface area contributed by atoms with E-state index in [1.165, 1.54) is 6.42 Å². The molecule has 148 valence electrons. The summed E-state index contributed by atoms with van der Waals surface area (Å²) in [6, 6.07) is 6.92. The highest BCUT2D eigenvalue weighted by Crippen LogP contribution is 2.21. The molecule has 27 heavy (non-hydrogen) atoms. The fourth-order valence-corrected chi connectivity index (χ4v) is 3.15. The van der Waals surface area contributed by atoms with Crippen LogP contribution in [0.3, 0.4) is 0 Å². The Morgan fingerprint density at radius 1 is 1.19 bits per heavy atom. The second kappa shape index (κ2) is 11.1. The third kappa shape index (κ3) is 7.33. The first-order chi connectivity index (χ1) is 13.0. The molecule has 0 saturated carbocycles. The van der Waals surface area contributed by atoms with Crippen LogP contribution in [0.15, 0.2) is 36.0 Å². The van der Waals surface area contributed by atoms with Gasteiger partial charge in [-0.05, 0) is 57.0 Å². The van der Waals surface area contributed by atoms with Gasteiger partial charge in [0.2, 0.25) is 11.8 Å². The normalized spacial score (nSPS) is 14.0. The molecule has 7 heteroatoms. The molecule has 0 atom stereocenters. The Hall–Kier alpha value is -1.89. The van der Waals surface area contributed by atoms with Crippen LogP contribution in [-0.4, -0.2) is 62.0 Å². The Kier molecular flexibility index (Phi) is 8.78. The van der Waals surface area contributed by atoms with E-state index in [0.717, 1.165) is 25.0 Å². The van der Waals surface area contributed by atoms with Gasteiger partial charge in [-0.15, -0.1) is 0 Å². The van der Waals surface area contributed by atoms with Gasteiger partial charge in [-0.1, -0.05) is 17.7 Å². The molecule has 0 aliphatic heterocycles. The van der Waals surface area contributed by atoms with Gasteiger partial charge in [0.25, 0.3) is 0 Å². The van der Waals surface area contributed by atoms with Gasteiger partial charge in [0, 0.05) is 30.1 Å². The van der Waals surface area contributed by atoms with Gasteiger partial charge in [-0.2, -0.15) is 0 Å². The average Bonchev–Trinajstić information content (AvgIpc) is 2.64. The number of likely N-dealkylation sites (N-methyl/N-ethyl adjacent to an activating group) is 1. The van der Waals surface area contributed by atoms with Crippen molar-refractivity contribution in [2.45, 2.75) is 25.7 Å². The van der Waals surface area contributed by atoms with Crippen LogP contribution in [0.25, 0.3) is 0 Å². The highest BCUT2D eigenvalue weighted by molar-refractivity contribution is 6.30. The Morgan fingerprint density at radius 2 is 1.93 bits per heavy atom. The van der Waals surface area contributed by atoms with Gasteiger partial charge in [0.05, 0.1) is 19.7 Å². The van der Waals surface area contributed by atoms with E-state index in [9.17, 15) is 9.59 Å². The van der Waals surface area contributed by atoms with Crippen molar-refractivity contribution in [1.29, 1.82) is 0 Å². The molecule has 6 nitrogen and oxygen atoms in total. The number of carbonyl (C=O) groups is 2. The minimum atomic E-state index is -0.173. The van der Waals surface area contributed by atoms with Crippen molar-refractivity contribution >= 4 is 29.1 Å². The standard InChI is InChI=1S/C20H28ClN3O3/c1-23(14-19(25)22-17-10-8-16(21)9-11-17)15-20(26)24(12-13-27-2)18-6-4-3-5-7-18/h6,8-11H,3-5,7,12-15H2,1-2H3,(H,22,25). The number of methoxy groups -OCH3 is 1. The lowest BCUT2D eigenvalue weighted by atomic mass is 10.0. The van der Waals surface area contributed by atoms with Gasteiger partial charge in [-0.3, -0.25) is 14.5 Å². The van der Waals surface area contributed by atoms with Crippen molar-refractivity contribution in [2.24, 2.45) is 0 Å². The van der Waals surface area contributed by atoms with E-state index < -0.39 is 0 Å². The summed E-state index contributed by atoms with van der Waals surface area (Å²) in [5, 5.41) is 3.42. The van der Waals surface area contributed by atoms with Crippen LogP contribution in [0.5, 0.6) is 0 Å². The second-order valence-corrected chi connectivity index (χ2v) is 7.14. The molecule has 2 amide bonds. The molecule has 1 aliphatic rings. The summed E-state index contributed by atoms with van der Waals surface area (Å²) >= 11 is 5.84. The average molecular weight is 394 g/mol. The topological polar surface area (TPSA) is 61.9 Å². The Labute approximate surface area is 166 Å². The van der Waals surface area contributed by atoms with Gasteiger partial charge in [0.15, 0.2) is 0 Å². The maximum Gasteiger partial charge on any atom is 0.240 e. The molecule has 2 rings (SSSR count). The Balaban J connectivity index is 1.88. The molecule has 0 aromatic heterocycles. The van der Waals surface area contributed by atoms with Crippen molar-refractivity contribution < 1.29 is 14.3 Å². The fraction of sp³-hybridized carbons (Fsp3) is 0.500. The van der Waals surface area contributed by atoms with Crippen LogP contribution in [0.4, 0.5) is 5.69 Å². The SMILES string of the molecule is COCCN(C(=O)CN(C)CC(=O)Nc1ccc(Cl)cc1)C1=CCCCC1. The van der Waals surface area contributed by atoms with Crippen LogP contribution in [0.1, 0.15) is 25.7 Å². The van der Waals surface area contributed by atoms with E-state index in [0.29, 0.717) is 23.9 Å². The van der Waals surface area contributed by atoms with Gasteiger partial charge >= 0.3 is 0 Å². The zero-order chi connectivity index (χ0) is 19.6. The van der Waals surface area contributed by atoms with E-state index in [4.69, 9.17) is 16.3 Å². The highest BCUT2D eigenvalue weighted by Gasteiger charge is 2.21. The number of allylic oxidation sites excluding steroid dienone is 2. The molecule has 1 N–H and O–H groups in total. The van der Waals surface area contributed by atoms with E-state index >= 15 is 0 Å². The number of ether oxygens (including phenoxy) is 1. The number of hydrogen-bond acceptors (Lipinski definition) is 4. The molecular weight excluding hydrogens is 366 g/mol. The number of nitrogens with zero attached hydrogens (tertiary/aromatic N) is 2. The monoisotopic (exact) mass is 393 g/mol. The quantitative estimate of drug-likeness (QED) is 0.700. The zero-order valence-corrected chi connectivity index (χ0v) is 16.8. The molecule has 1 aliphatic carbocycles. The lowest BCUT2D eigenvalue weighted by Gasteiger charge is -2.29. The minimum absolute atomic E-state index is 0.0120. The van der Waals surface area contributed by atoms with Gasteiger partial charge in [-0.25, -0.2) is 0 Å². The lowest BCUT2D eigenvalue weighted by Crippen LogP contribution is -2.42. The summed E-state index contributed by atoms with van der Waals surface area (Å²) in [5.41, 5.74) is 1.75. The van der Waals surface area contributed by atoms with Crippen LogP contribution < -0.4 is 5.32 Å². The Bertz CT molecular complexity index is 661. The molecule has 1 aromatic carbocycles. The second-order valence-electron chi connectivity index (χ2n) is 6.71. The predicted molar refractivity (Wildman–Crippen MR) is 108 cm³/mol. The molecule has 1 aromatic rings. The first-order valence-electron chi connectivity index (χ1n) is 9.22. The molecule has 0 heterocycles. The number of benzene rings is 1. The fourth-order valence-electron chi connectivity index (χ4n) is 3.03. The van der Waals surface area contributed by atoms with Crippen molar-refractivity contribution in [3.8, 4) is 0 Å². The molecule has 0 saturated heterocycles. The van der Waals surface area contributed by atoms with Gasteiger partial charge < -0.3 is 15.0 Å². The van der Waals surface area contributed by atoms with E-state index in [1.807, 2.05) is 0 Å². The minimum Gasteiger partial charge on any atom is -0.383 e. The highest BCUT2D eigenvalue weighted by atomic mass is 35.5. The number of carbonyl (C=O) groups excluding carboxylic acids is 2. The van der Waals surface area contributed by atoms with E-state index in [1.54, 1.807) is 48.2 Å². The summed E-state index contributed by atoms with van der Waals surface area (Å²) < 4.78 is 5.15. The molecule has 0 fully saturated rings. The molecule has 0 unspecified atom stereocenters. The summed E-state index contributed by atoms with van der Waals surface area (Å²) in [7, 11) is 3.40. The number of amides is 2. The number of rotatable bonds is 9. The number of nitrogens with one attached hydrogen (secondary N) is 1. The smallest absolute Gasteiger partial charge is 0.240 e. The third-order valence-corrected chi connectivity index (χ3v) is 4.63. The van der Waals surface area contributed by atoms with E-state index in [2.05, 4.69) is 11.4 Å². The number of anilines is 1. The summed E-state index contributed by atoms with van der Waals surface area (Å²) in [5.74, 6) is -0.185. The molecule has 0 radical (unpaired) electrons. The third-order valence-electron chi connectivity index (χ3n) is 4.38. The van der Waals surface area contributed by atoms with Crippen LogP contribution >= 0.6 is 11.6 Å². The van der Waals surface area contributed by atoms with Gasteiger partial charge in [0.1, 0.15) is 0 Å². The summed E-state index contributed by atoms with van der Waals surface area (Å²) in [6.07, 6.45) is 6.33. The maximum atomic E-state index is 12.8. The van der Waals surface area contributed by atoms with Crippen LogP contribution in [0, 0.1) is 0 Å².